The number of hydrogen-bond donors (Lipinski definition) is 0. The fourth-order valence-electron chi connectivity index (χ4n) is 3.62. The molecule has 2 rings (SSSR count). The summed E-state index contributed by atoms with van der Waals surface area (Å²) < 4.78 is 0. The van der Waals surface area contributed by atoms with Crippen LogP contribution in [-0.4, -0.2) is 6.29 Å². The van der Waals surface area contributed by atoms with Gasteiger partial charge in [-0.3, -0.25) is 4.79 Å². The van der Waals surface area contributed by atoms with Gasteiger partial charge in [0.1, 0.15) is 6.29 Å². The molecule has 3 atom stereocenters. The molecule has 2 bridgehead atoms. The topological polar surface area (TPSA) is 17.1 Å². The summed E-state index contributed by atoms with van der Waals surface area (Å²) in [6.45, 7) is 8.58. The summed E-state index contributed by atoms with van der Waals surface area (Å²) in [5.41, 5.74) is 2.70. The molecule has 16 heavy (non-hydrogen) atoms. The Labute approximate surface area is 98.6 Å². The Balaban J connectivity index is 1.99. The van der Waals surface area contributed by atoms with Crippen molar-refractivity contribution in [2.24, 2.45) is 17.3 Å². The van der Waals surface area contributed by atoms with Gasteiger partial charge in [0.15, 0.2) is 0 Å². The van der Waals surface area contributed by atoms with Crippen molar-refractivity contribution >= 4 is 6.29 Å². The summed E-state index contributed by atoms with van der Waals surface area (Å²) in [5, 5.41) is 0. The molecule has 88 valence electrons. The van der Waals surface area contributed by atoms with Crippen molar-refractivity contribution in [2.75, 3.05) is 0 Å². The SMILES string of the molecule is C=C1C2CCC(C2)C1(C)CC/C=C(\C)C=O. The van der Waals surface area contributed by atoms with Crippen molar-refractivity contribution in [2.45, 2.75) is 46.0 Å². The van der Waals surface area contributed by atoms with Crippen LogP contribution in [0.25, 0.3) is 0 Å². The van der Waals surface area contributed by atoms with Gasteiger partial charge in [-0.15, -0.1) is 0 Å². The smallest absolute Gasteiger partial charge is 0.145 e. The second-order valence-corrected chi connectivity index (χ2v) is 5.75. The Bertz CT molecular complexity index is 339. The monoisotopic (exact) mass is 218 g/mol. The number of hydrogen-bond acceptors (Lipinski definition) is 1. The van der Waals surface area contributed by atoms with Crippen molar-refractivity contribution < 1.29 is 4.79 Å². The normalized spacial score (nSPS) is 38.1. The summed E-state index contributed by atoms with van der Waals surface area (Å²) in [6.07, 6.45) is 9.31. The minimum Gasteiger partial charge on any atom is -0.298 e. The maximum Gasteiger partial charge on any atom is 0.145 e. The summed E-state index contributed by atoms with van der Waals surface area (Å²) in [7, 11) is 0. The molecule has 1 nitrogen and oxygen atoms in total. The molecule has 1 heteroatoms. The lowest BCUT2D eigenvalue weighted by Gasteiger charge is -2.36. The van der Waals surface area contributed by atoms with Gasteiger partial charge in [0.2, 0.25) is 0 Å². The Morgan fingerprint density at radius 1 is 1.56 bits per heavy atom. The average Bonchev–Trinajstić information content (AvgIpc) is 2.83. The highest BCUT2D eigenvalue weighted by atomic mass is 16.1. The van der Waals surface area contributed by atoms with Gasteiger partial charge in [0, 0.05) is 0 Å². The Morgan fingerprint density at radius 2 is 2.31 bits per heavy atom. The molecule has 0 spiro atoms. The molecule has 0 heterocycles. The van der Waals surface area contributed by atoms with Crippen LogP contribution in [-0.2, 0) is 4.79 Å². The maximum absolute atomic E-state index is 10.5. The lowest BCUT2D eigenvalue weighted by atomic mass is 9.69. The fourth-order valence-corrected chi connectivity index (χ4v) is 3.62. The maximum atomic E-state index is 10.5. The van der Waals surface area contributed by atoms with Crippen LogP contribution in [0.15, 0.2) is 23.8 Å². The first kappa shape index (κ1) is 11.6. The van der Waals surface area contributed by atoms with Crippen molar-refractivity contribution in [1.82, 2.24) is 0 Å². The average molecular weight is 218 g/mol. The number of rotatable bonds is 4. The first-order valence-corrected chi connectivity index (χ1v) is 6.39. The van der Waals surface area contributed by atoms with Crippen LogP contribution in [0.3, 0.4) is 0 Å². The quantitative estimate of drug-likeness (QED) is 0.397. The van der Waals surface area contributed by atoms with E-state index in [1.54, 1.807) is 0 Å². The van der Waals surface area contributed by atoms with E-state index in [1.807, 2.05) is 6.92 Å². The van der Waals surface area contributed by atoms with Crippen molar-refractivity contribution in [3.8, 4) is 0 Å². The van der Waals surface area contributed by atoms with Gasteiger partial charge in [-0.25, -0.2) is 0 Å². The first-order chi connectivity index (χ1) is 7.58. The predicted octanol–water partition coefficient (Wildman–Crippen LogP) is 3.90. The largest absolute Gasteiger partial charge is 0.298 e. The van der Waals surface area contributed by atoms with E-state index in [0.29, 0.717) is 5.41 Å². The highest BCUT2D eigenvalue weighted by Crippen LogP contribution is 2.60. The molecule has 0 aromatic heterocycles. The standard InChI is InChI=1S/C15H22O/c1-11(10-16)5-4-8-15(3)12(2)13-6-7-14(15)9-13/h5,10,13-14H,2,4,6-9H2,1,3H3/b11-5+. The molecule has 2 fully saturated rings. The molecule has 2 aliphatic rings. The molecule has 0 aliphatic heterocycles. The molecule has 0 saturated heterocycles. The second-order valence-electron chi connectivity index (χ2n) is 5.75. The Morgan fingerprint density at radius 3 is 2.88 bits per heavy atom. The van der Waals surface area contributed by atoms with Crippen molar-refractivity contribution in [3.63, 3.8) is 0 Å². The van der Waals surface area contributed by atoms with E-state index in [2.05, 4.69) is 19.6 Å². The minimum atomic E-state index is 0.350. The molecule has 2 aliphatic carbocycles. The van der Waals surface area contributed by atoms with Crippen LogP contribution in [0.2, 0.25) is 0 Å². The van der Waals surface area contributed by atoms with Crippen LogP contribution in [0.1, 0.15) is 46.0 Å². The predicted molar refractivity (Wildman–Crippen MR) is 67.1 cm³/mol. The highest BCUT2D eigenvalue weighted by Gasteiger charge is 2.49. The van der Waals surface area contributed by atoms with Crippen LogP contribution in [0.4, 0.5) is 0 Å². The van der Waals surface area contributed by atoms with Crippen LogP contribution < -0.4 is 0 Å². The van der Waals surface area contributed by atoms with Gasteiger partial charge >= 0.3 is 0 Å². The summed E-state index contributed by atoms with van der Waals surface area (Å²) >= 11 is 0. The number of aldehydes is 1. The first-order valence-electron chi connectivity index (χ1n) is 6.39. The number of allylic oxidation sites excluding steroid dienone is 3. The van der Waals surface area contributed by atoms with E-state index in [0.717, 1.165) is 36.5 Å². The van der Waals surface area contributed by atoms with Crippen LogP contribution in [0.5, 0.6) is 0 Å². The van der Waals surface area contributed by atoms with Gasteiger partial charge in [0.25, 0.3) is 0 Å². The zero-order chi connectivity index (χ0) is 11.8. The summed E-state index contributed by atoms with van der Waals surface area (Å²) in [5.74, 6) is 1.65. The third kappa shape index (κ3) is 1.77. The van der Waals surface area contributed by atoms with E-state index < -0.39 is 0 Å². The minimum absolute atomic E-state index is 0.350. The van der Waals surface area contributed by atoms with E-state index in [4.69, 9.17) is 0 Å². The van der Waals surface area contributed by atoms with E-state index >= 15 is 0 Å². The highest BCUT2D eigenvalue weighted by molar-refractivity contribution is 5.71. The third-order valence-electron chi connectivity index (χ3n) is 4.88. The Kier molecular flexibility index (Phi) is 3.05. The van der Waals surface area contributed by atoms with Crippen molar-refractivity contribution in [3.05, 3.63) is 23.8 Å². The lowest BCUT2D eigenvalue weighted by Crippen LogP contribution is -2.26. The van der Waals surface area contributed by atoms with E-state index in [-0.39, 0.29) is 0 Å². The van der Waals surface area contributed by atoms with Gasteiger partial charge in [-0.2, -0.15) is 0 Å². The summed E-state index contributed by atoms with van der Waals surface area (Å²) in [4.78, 5) is 10.5. The van der Waals surface area contributed by atoms with E-state index in [9.17, 15) is 4.79 Å². The van der Waals surface area contributed by atoms with Gasteiger partial charge in [-0.05, 0) is 61.9 Å². The zero-order valence-electron chi connectivity index (χ0n) is 10.5. The third-order valence-corrected chi connectivity index (χ3v) is 4.88. The number of carbonyl (C=O) groups is 1. The van der Waals surface area contributed by atoms with E-state index in [1.165, 1.54) is 24.8 Å². The Hall–Kier alpha value is -0.850. The molecule has 2 saturated carbocycles. The van der Waals surface area contributed by atoms with Crippen molar-refractivity contribution in [1.29, 1.82) is 0 Å². The summed E-state index contributed by atoms with van der Waals surface area (Å²) in [6, 6.07) is 0. The molecule has 0 radical (unpaired) electrons. The van der Waals surface area contributed by atoms with Gasteiger partial charge < -0.3 is 0 Å². The lowest BCUT2D eigenvalue weighted by molar-refractivity contribution is -0.104. The number of carbonyl (C=O) groups excluding carboxylic acids is 1. The van der Waals surface area contributed by atoms with Crippen LogP contribution >= 0.6 is 0 Å². The fraction of sp³-hybridized carbons (Fsp3) is 0.667. The molecule has 0 N–H and O–H groups in total. The van der Waals surface area contributed by atoms with Gasteiger partial charge in [0.05, 0.1) is 0 Å². The number of fused-ring (bicyclic) bond motifs is 2. The molecule has 0 aromatic carbocycles. The molecule has 3 unspecified atom stereocenters. The zero-order valence-corrected chi connectivity index (χ0v) is 10.5. The molecule has 0 aromatic rings. The second kappa shape index (κ2) is 4.20. The van der Waals surface area contributed by atoms with Crippen LogP contribution in [0, 0.1) is 17.3 Å². The molecular weight excluding hydrogens is 196 g/mol. The molecular formula is C15H22O. The molecule has 0 amide bonds. The van der Waals surface area contributed by atoms with Gasteiger partial charge in [-0.1, -0.05) is 25.2 Å².